The lowest BCUT2D eigenvalue weighted by atomic mass is 9.81. The molecule has 1 saturated carbocycles. The van der Waals surface area contributed by atoms with Crippen molar-refractivity contribution in [2.75, 3.05) is 6.54 Å². The van der Waals surface area contributed by atoms with E-state index in [4.69, 9.17) is 0 Å². The molecule has 3 fully saturated rings. The van der Waals surface area contributed by atoms with Gasteiger partial charge in [0.2, 0.25) is 5.91 Å². The summed E-state index contributed by atoms with van der Waals surface area (Å²) in [6.45, 7) is 0.786. The van der Waals surface area contributed by atoms with Crippen LogP contribution in [-0.4, -0.2) is 29.4 Å². The zero-order chi connectivity index (χ0) is 16.5. The lowest BCUT2D eigenvalue weighted by Crippen LogP contribution is -2.47. The third-order valence-corrected chi connectivity index (χ3v) is 5.73. The molecule has 2 aliphatic heterocycles. The minimum atomic E-state index is -0.224. The van der Waals surface area contributed by atoms with Crippen LogP contribution >= 0.6 is 0 Å². The molecule has 1 aliphatic carbocycles. The van der Waals surface area contributed by atoms with Crippen molar-refractivity contribution in [1.29, 1.82) is 0 Å². The topological polar surface area (TPSA) is 56.4 Å². The number of hydrazine groups is 2. The van der Waals surface area contributed by atoms with E-state index in [-0.39, 0.29) is 23.7 Å². The van der Waals surface area contributed by atoms with E-state index in [1.54, 1.807) is 12.1 Å². The van der Waals surface area contributed by atoms with Gasteiger partial charge in [0.25, 0.3) is 0 Å². The van der Waals surface area contributed by atoms with Gasteiger partial charge in [-0.05, 0) is 56.2 Å². The van der Waals surface area contributed by atoms with Crippen molar-refractivity contribution in [3.63, 3.8) is 0 Å². The monoisotopic (exact) mass is 332 g/mol. The summed E-state index contributed by atoms with van der Waals surface area (Å²) in [5.74, 6) is 0.0870. The van der Waals surface area contributed by atoms with Gasteiger partial charge >= 0.3 is 0 Å². The van der Waals surface area contributed by atoms with Gasteiger partial charge < -0.3 is 4.90 Å². The second kappa shape index (κ2) is 6.78. The molecule has 0 aromatic heterocycles. The molecule has 130 valence electrons. The maximum atomic E-state index is 13.6. The largest absolute Gasteiger partial charge is 0.335 e. The molecule has 2 saturated heterocycles. The second-order valence-corrected chi connectivity index (χ2v) is 7.23. The number of amides is 1. The first-order valence-electron chi connectivity index (χ1n) is 9.04. The van der Waals surface area contributed by atoms with E-state index in [2.05, 4.69) is 16.4 Å². The molecule has 6 heteroatoms. The van der Waals surface area contributed by atoms with Crippen molar-refractivity contribution in [3.05, 3.63) is 35.6 Å². The van der Waals surface area contributed by atoms with Crippen LogP contribution in [0.5, 0.6) is 0 Å². The molecular formula is C18H25FN4O. The van der Waals surface area contributed by atoms with E-state index in [1.165, 1.54) is 6.07 Å². The van der Waals surface area contributed by atoms with Gasteiger partial charge in [-0.25, -0.2) is 15.2 Å². The first-order valence-corrected chi connectivity index (χ1v) is 9.04. The van der Waals surface area contributed by atoms with Crippen molar-refractivity contribution in [1.82, 2.24) is 21.3 Å². The van der Waals surface area contributed by atoms with Gasteiger partial charge in [0.05, 0.1) is 6.04 Å². The van der Waals surface area contributed by atoms with E-state index in [9.17, 15) is 9.18 Å². The number of carbonyl (C=O) groups is 1. The SMILES string of the molecule is O=C(C1CCC2NNNC2C1)N1CCCCC1c1cccc(F)c1. The Labute approximate surface area is 141 Å². The summed E-state index contributed by atoms with van der Waals surface area (Å²) in [6.07, 6.45) is 5.83. The average molecular weight is 332 g/mol. The summed E-state index contributed by atoms with van der Waals surface area (Å²) >= 11 is 0. The molecule has 0 bridgehead atoms. The quantitative estimate of drug-likeness (QED) is 0.776. The fraction of sp³-hybridized carbons (Fsp3) is 0.611. The van der Waals surface area contributed by atoms with Gasteiger partial charge in [0, 0.05) is 24.5 Å². The number of rotatable bonds is 2. The van der Waals surface area contributed by atoms with Gasteiger partial charge in [-0.15, -0.1) is 0 Å². The van der Waals surface area contributed by atoms with E-state index in [0.29, 0.717) is 12.1 Å². The Morgan fingerprint density at radius 1 is 1.12 bits per heavy atom. The van der Waals surface area contributed by atoms with Crippen LogP contribution in [0.4, 0.5) is 4.39 Å². The van der Waals surface area contributed by atoms with E-state index in [0.717, 1.165) is 50.6 Å². The predicted octanol–water partition coefficient (Wildman–Crippen LogP) is 2.03. The van der Waals surface area contributed by atoms with Crippen LogP contribution in [-0.2, 0) is 4.79 Å². The molecule has 1 aromatic carbocycles. The van der Waals surface area contributed by atoms with Crippen LogP contribution in [0.2, 0.25) is 0 Å². The normalized spacial score (nSPS) is 33.3. The van der Waals surface area contributed by atoms with Crippen LogP contribution in [0, 0.1) is 11.7 Å². The highest BCUT2D eigenvalue weighted by Gasteiger charge is 2.39. The minimum Gasteiger partial charge on any atom is -0.335 e. The summed E-state index contributed by atoms with van der Waals surface area (Å²) < 4.78 is 13.6. The van der Waals surface area contributed by atoms with Gasteiger partial charge in [-0.1, -0.05) is 12.1 Å². The zero-order valence-electron chi connectivity index (χ0n) is 13.8. The number of likely N-dealkylation sites (tertiary alicyclic amines) is 1. The number of piperidine rings is 1. The van der Waals surface area contributed by atoms with Crippen LogP contribution in [0.25, 0.3) is 0 Å². The van der Waals surface area contributed by atoms with Crippen molar-refractivity contribution < 1.29 is 9.18 Å². The Hall–Kier alpha value is -1.50. The highest BCUT2D eigenvalue weighted by Crippen LogP contribution is 2.35. The maximum absolute atomic E-state index is 13.6. The molecule has 4 unspecified atom stereocenters. The number of halogens is 1. The summed E-state index contributed by atoms with van der Waals surface area (Å²) in [6, 6.07) is 7.48. The third-order valence-electron chi connectivity index (χ3n) is 5.73. The first kappa shape index (κ1) is 16.0. The Bertz CT molecular complexity index is 610. The number of fused-ring (bicyclic) bond motifs is 1. The number of benzene rings is 1. The molecule has 4 rings (SSSR count). The molecule has 0 spiro atoms. The van der Waals surface area contributed by atoms with Crippen LogP contribution < -0.4 is 16.4 Å². The lowest BCUT2D eigenvalue weighted by Gasteiger charge is -2.40. The van der Waals surface area contributed by atoms with E-state index < -0.39 is 0 Å². The number of nitrogens with zero attached hydrogens (tertiary/aromatic N) is 1. The molecule has 1 aromatic rings. The third kappa shape index (κ3) is 3.06. The van der Waals surface area contributed by atoms with Gasteiger partial charge in [-0.3, -0.25) is 4.79 Å². The summed E-state index contributed by atoms with van der Waals surface area (Å²) in [5.41, 5.74) is 10.3. The molecule has 3 N–H and O–H groups in total. The Morgan fingerprint density at radius 2 is 2.00 bits per heavy atom. The molecule has 3 aliphatic rings. The smallest absolute Gasteiger partial charge is 0.226 e. The van der Waals surface area contributed by atoms with Crippen LogP contribution in [0.1, 0.15) is 50.1 Å². The highest BCUT2D eigenvalue weighted by molar-refractivity contribution is 5.79. The summed E-state index contributed by atoms with van der Waals surface area (Å²) in [5, 5.41) is 0. The fourth-order valence-corrected chi connectivity index (χ4v) is 4.44. The standard InChI is InChI=1S/C18H25FN4O/c19-14-5-3-4-12(10-14)17-6-1-2-9-23(17)18(24)13-7-8-15-16(11-13)21-22-20-15/h3-5,10,13,15-17,20-22H,1-2,6-9,11H2. The molecular weight excluding hydrogens is 307 g/mol. The fourth-order valence-electron chi connectivity index (χ4n) is 4.44. The Morgan fingerprint density at radius 3 is 2.88 bits per heavy atom. The molecule has 2 heterocycles. The number of hydrogen-bond acceptors (Lipinski definition) is 4. The van der Waals surface area contributed by atoms with Crippen molar-refractivity contribution in [2.24, 2.45) is 5.92 Å². The minimum absolute atomic E-state index is 0.0208. The van der Waals surface area contributed by atoms with Gasteiger partial charge in [-0.2, -0.15) is 5.53 Å². The van der Waals surface area contributed by atoms with Gasteiger partial charge in [0.15, 0.2) is 0 Å². The van der Waals surface area contributed by atoms with E-state index in [1.807, 2.05) is 11.0 Å². The van der Waals surface area contributed by atoms with Crippen LogP contribution in [0.15, 0.2) is 24.3 Å². The lowest BCUT2D eigenvalue weighted by molar-refractivity contribution is -0.140. The Kier molecular flexibility index (Phi) is 4.52. The van der Waals surface area contributed by atoms with Crippen molar-refractivity contribution in [3.8, 4) is 0 Å². The number of nitrogens with one attached hydrogen (secondary N) is 3. The second-order valence-electron chi connectivity index (χ2n) is 7.23. The first-order chi connectivity index (χ1) is 11.7. The Balaban J connectivity index is 1.51. The van der Waals surface area contributed by atoms with Crippen molar-refractivity contribution >= 4 is 5.91 Å². The average Bonchev–Trinajstić information content (AvgIpc) is 3.09. The van der Waals surface area contributed by atoms with Crippen molar-refractivity contribution in [2.45, 2.75) is 56.7 Å². The molecule has 0 radical (unpaired) electrons. The maximum Gasteiger partial charge on any atom is 0.226 e. The van der Waals surface area contributed by atoms with E-state index >= 15 is 0 Å². The highest BCUT2D eigenvalue weighted by atomic mass is 19.1. The number of hydrogen-bond donors (Lipinski definition) is 3. The predicted molar refractivity (Wildman–Crippen MR) is 89.0 cm³/mol. The molecule has 4 atom stereocenters. The van der Waals surface area contributed by atoms with Gasteiger partial charge in [0.1, 0.15) is 5.82 Å². The zero-order valence-corrected chi connectivity index (χ0v) is 13.8. The summed E-state index contributed by atoms with van der Waals surface area (Å²) in [4.78, 5) is 15.2. The molecule has 5 nitrogen and oxygen atoms in total. The number of carbonyl (C=O) groups excluding carboxylic acids is 1. The molecule has 24 heavy (non-hydrogen) atoms. The van der Waals surface area contributed by atoms with Crippen LogP contribution in [0.3, 0.4) is 0 Å². The summed E-state index contributed by atoms with van der Waals surface area (Å²) in [7, 11) is 0. The molecule has 1 amide bonds.